The molecule has 0 saturated heterocycles. The predicted octanol–water partition coefficient (Wildman–Crippen LogP) is 1.29. The molecule has 0 aliphatic carbocycles. The Balaban J connectivity index is 2.32. The number of nitrogens with zero attached hydrogens (tertiary/aromatic N) is 1. The number of nitrogens with one attached hydrogen (secondary N) is 1. The number of pyridine rings is 1. The zero-order chi connectivity index (χ0) is 12.0. The monoisotopic (exact) mass is 224 g/mol. The Morgan fingerprint density at radius 1 is 1.38 bits per heavy atom. The van der Waals surface area contributed by atoms with E-state index in [4.69, 9.17) is 10.2 Å². The Kier molecular flexibility index (Phi) is 4.71. The Bertz CT molecular complexity index is 309. The summed E-state index contributed by atoms with van der Waals surface area (Å²) in [6, 6.07) is 3.42. The SMILES string of the molecule is CC(C)(CCO)CNCc1ccc(O)cn1. The molecule has 0 aliphatic rings. The van der Waals surface area contributed by atoms with E-state index in [2.05, 4.69) is 24.1 Å². The molecule has 1 aromatic heterocycles. The lowest BCUT2D eigenvalue weighted by Crippen LogP contribution is -2.30. The van der Waals surface area contributed by atoms with Crippen LogP contribution >= 0.6 is 0 Å². The van der Waals surface area contributed by atoms with E-state index in [-0.39, 0.29) is 17.8 Å². The third-order valence-electron chi connectivity index (χ3n) is 2.51. The molecule has 0 radical (unpaired) electrons. The van der Waals surface area contributed by atoms with E-state index in [1.165, 1.54) is 6.20 Å². The van der Waals surface area contributed by atoms with Crippen molar-refractivity contribution < 1.29 is 10.2 Å². The summed E-state index contributed by atoms with van der Waals surface area (Å²) in [7, 11) is 0. The normalized spacial score (nSPS) is 11.7. The molecule has 0 saturated carbocycles. The smallest absolute Gasteiger partial charge is 0.133 e. The zero-order valence-electron chi connectivity index (χ0n) is 9.90. The van der Waals surface area contributed by atoms with Crippen LogP contribution in [0.3, 0.4) is 0 Å². The molecule has 1 heterocycles. The van der Waals surface area contributed by atoms with Gasteiger partial charge in [0.15, 0.2) is 0 Å². The first kappa shape index (κ1) is 12.9. The fourth-order valence-corrected chi connectivity index (χ4v) is 1.44. The quantitative estimate of drug-likeness (QED) is 0.681. The van der Waals surface area contributed by atoms with Gasteiger partial charge in [-0.3, -0.25) is 4.98 Å². The standard InChI is InChI=1S/C12H20N2O2/c1-12(2,5-6-15)9-13-7-10-3-4-11(16)8-14-10/h3-4,8,13,15-16H,5-7,9H2,1-2H3. The van der Waals surface area contributed by atoms with E-state index < -0.39 is 0 Å². The van der Waals surface area contributed by atoms with Crippen LogP contribution < -0.4 is 5.32 Å². The number of aromatic nitrogens is 1. The number of rotatable bonds is 6. The Labute approximate surface area is 96.3 Å². The molecule has 4 heteroatoms. The highest BCUT2D eigenvalue weighted by atomic mass is 16.3. The second-order valence-corrected chi connectivity index (χ2v) is 4.75. The van der Waals surface area contributed by atoms with Crippen molar-refractivity contribution >= 4 is 0 Å². The molecule has 4 nitrogen and oxygen atoms in total. The predicted molar refractivity (Wildman–Crippen MR) is 63.1 cm³/mol. The lowest BCUT2D eigenvalue weighted by atomic mass is 9.90. The van der Waals surface area contributed by atoms with Crippen molar-refractivity contribution in [2.75, 3.05) is 13.2 Å². The van der Waals surface area contributed by atoms with Crippen LogP contribution in [-0.4, -0.2) is 28.3 Å². The topological polar surface area (TPSA) is 65.4 Å². The first-order chi connectivity index (χ1) is 7.53. The van der Waals surface area contributed by atoms with Gasteiger partial charge in [-0.05, 0) is 24.0 Å². The van der Waals surface area contributed by atoms with E-state index in [0.717, 1.165) is 18.7 Å². The van der Waals surface area contributed by atoms with Crippen molar-refractivity contribution in [3.63, 3.8) is 0 Å². The summed E-state index contributed by atoms with van der Waals surface area (Å²) in [5, 5.41) is 21.2. The fourth-order valence-electron chi connectivity index (χ4n) is 1.44. The molecule has 90 valence electrons. The number of hydrogen-bond donors (Lipinski definition) is 3. The average molecular weight is 224 g/mol. The Hall–Kier alpha value is -1.13. The van der Waals surface area contributed by atoms with E-state index in [0.29, 0.717) is 6.54 Å². The van der Waals surface area contributed by atoms with Gasteiger partial charge in [-0.2, -0.15) is 0 Å². The minimum Gasteiger partial charge on any atom is -0.506 e. The lowest BCUT2D eigenvalue weighted by molar-refractivity contribution is 0.207. The van der Waals surface area contributed by atoms with Gasteiger partial charge >= 0.3 is 0 Å². The Morgan fingerprint density at radius 2 is 2.12 bits per heavy atom. The van der Waals surface area contributed by atoms with Crippen molar-refractivity contribution in [1.82, 2.24) is 10.3 Å². The molecule has 0 bridgehead atoms. The summed E-state index contributed by atoms with van der Waals surface area (Å²) in [6.45, 7) is 5.94. The molecule has 3 N–H and O–H groups in total. The second-order valence-electron chi connectivity index (χ2n) is 4.75. The van der Waals surface area contributed by atoms with Gasteiger partial charge in [-0.1, -0.05) is 13.8 Å². The molecule has 1 aromatic rings. The van der Waals surface area contributed by atoms with Gasteiger partial charge in [0.1, 0.15) is 5.75 Å². The van der Waals surface area contributed by atoms with Crippen LogP contribution in [0.5, 0.6) is 5.75 Å². The summed E-state index contributed by atoms with van der Waals surface area (Å²) >= 11 is 0. The minimum absolute atomic E-state index is 0.0890. The third kappa shape index (κ3) is 4.59. The molecule has 0 amide bonds. The van der Waals surface area contributed by atoms with Crippen LogP contribution in [0, 0.1) is 5.41 Å². The summed E-state index contributed by atoms with van der Waals surface area (Å²) in [5.41, 5.74) is 0.990. The average Bonchev–Trinajstić information content (AvgIpc) is 2.20. The van der Waals surface area contributed by atoms with Gasteiger partial charge in [0, 0.05) is 19.7 Å². The van der Waals surface area contributed by atoms with E-state index >= 15 is 0 Å². The summed E-state index contributed by atoms with van der Waals surface area (Å²) in [5.74, 6) is 0.185. The molecule has 0 aromatic carbocycles. The fraction of sp³-hybridized carbons (Fsp3) is 0.583. The minimum atomic E-state index is 0.0890. The van der Waals surface area contributed by atoms with Crippen LogP contribution in [0.2, 0.25) is 0 Å². The van der Waals surface area contributed by atoms with Gasteiger partial charge in [-0.15, -0.1) is 0 Å². The van der Waals surface area contributed by atoms with Gasteiger partial charge in [0.05, 0.1) is 11.9 Å². The van der Waals surface area contributed by atoms with E-state index in [9.17, 15) is 0 Å². The molecule has 0 atom stereocenters. The van der Waals surface area contributed by atoms with Crippen molar-refractivity contribution in [2.24, 2.45) is 5.41 Å². The van der Waals surface area contributed by atoms with Crippen LogP contribution in [0.4, 0.5) is 0 Å². The first-order valence-corrected chi connectivity index (χ1v) is 5.49. The summed E-state index contributed by atoms with van der Waals surface area (Å²) < 4.78 is 0. The molecular weight excluding hydrogens is 204 g/mol. The highest BCUT2D eigenvalue weighted by Crippen LogP contribution is 2.18. The second kappa shape index (κ2) is 5.82. The molecule has 0 spiro atoms. The van der Waals surface area contributed by atoms with Crippen LogP contribution in [-0.2, 0) is 6.54 Å². The van der Waals surface area contributed by atoms with Crippen molar-refractivity contribution in [3.05, 3.63) is 24.0 Å². The number of aliphatic hydroxyl groups excluding tert-OH is 1. The lowest BCUT2D eigenvalue weighted by Gasteiger charge is -2.23. The Morgan fingerprint density at radius 3 is 2.69 bits per heavy atom. The van der Waals surface area contributed by atoms with Crippen molar-refractivity contribution in [2.45, 2.75) is 26.8 Å². The molecular formula is C12H20N2O2. The van der Waals surface area contributed by atoms with Gasteiger partial charge in [0.2, 0.25) is 0 Å². The van der Waals surface area contributed by atoms with Crippen molar-refractivity contribution in [1.29, 1.82) is 0 Å². The van der Waals surface area contributed by atoms with Crippen LogP contribution in [0.15, 0.2) is 18.3 Å². The zero-order valence-corrected chi connectivity index (χ0v) is 9.90. The maximum atomic E-state index is 9.07. The summed E-state index contributed by atoms with van der Waals surface area (Å²) in [6.07, 6.45) is 2.22. The van der Waals surface area contributed by atoms with Gasteiger partial charge in [-0.25, -0.2) is 0 Å². The highest BCUT2D eigenvalue weighted by molar-refractivity contribution is 5.17. The molecule has 16 heavy (non-hydrogen) atoms. The van der Waals surface area contributed by atoms with E-state index in [1.807, 2.05) is 0 Å². The molecule has 0 fully saturated rings. The molecule has 1 rings (SSSR count). The largest absolute Gasteiger partial charge is 0.506 e. The van der Waals surface area contributed by atoms with Gasteiger partial charge in [0.25, 0.3) is 0 Å². The molecule has 0 aliphatic heterocycles. The maximum absolute atomic E-state index is 9.07. The van der Waals surface area contributed by atoms with Crippen LogP contribution in [0.25, 0.3) is 0 Å². The highest BCUT2D eigenvalue weighted by Gasteiger charge is 2.16. The first-order valence-electron chi connectivity index (χ1n) is 5.49. The van der Waals surface area contributed by atoms with Crippen molar-refractivity contribution in [3.8, 4) is 5.75 Å². The number of aliphatic hydroxyl groups is 1. The van der Waals surface area contributed by atoms with Crippen LogP contribution in [0.1, 0.15) is 26.0 Å². The maximum Gasteiger partial charge on any atom is 0.133 e. The van der Waals surface area contributed by atoms with E-state index in [1.54, 1.807) is 12.1 Å². The number of aromatic hydroxyl groups is 1. The summed E-state index contributed by atoms with van der Waals surface area (Å²) in [4.78, 5) is 4.08. The number of hydrogen-bond acceptors (Lipinski definition) is 4. The van der Waals surface area contributed by atoms with Gasteiger partial charge < -0.3 is 15.5 Å². The molecule has 0 unspecified atom stereocenters. The third-order valence-corrected chi connectivity index (χ3v) is 2.51.